The van der Waals surface area contributed by atoms with E-state index in [1.807, 2.05) is 12.1 Å². The molecule has 0 saturated carbocycles. The fraction of sp³-hybridized carbons (Fsp3) is 0.273. The molecule has 0 fully saturated rings. The summed E-state index contributed by atoms with van der Waals surface area (Å²) in [7, 11) is -1.08. The van der Waals surface area contributed by atoms with Crippen molar-refractivity contribution in [3.63, 3.8) is 0 Å². The Kier molecular flexibility index (Phi) is 4.35. The number of alkyl halides is 2. The summed E-state index contributed by atoms with van der Waals surface area (Å²) < 4.78 is 47.0. The Morgan fingerprint density at radius 3 is 2.52 bits per heavy atom. The van der Waals surface area contributed by atoms with Gasteiger partial charge in [0, 0.05) is 41.6 Å². The second-order valence-electron chi connectivity index (χ2n) is 7.67. The van der Waals surface area contributed by atoms with Crippen LogP contribution < -0.4 is 0 Å². The molecule has 29 heavy (non-hydrogen) atoms. The van der Waals surface area contributed by atoms with Gasteiger partial charge in [0.15, 0.2) is 0 Å². The normalized spacial score (nSPS) is 19.2. The van der Waals surface area contributed by atoms with E-state index in [4.69, 9.17) is 0 Å². The van der Waals surface area contributed by atoms with Crippen LogP contribution in [-0.4, -0.2) is 33.7 Å². The minimum atomic E-state index is -3.09. The predicted molar refractivity (Wildman–Crippen MR) is 112 cm³/mol. The topological polar surface area (TPSA) is 54.7 Å². The van der Waals surface area contributed by atoms with Crippen LogP contribution in [0, 0.1) is 0 Å². The van der Waals surface area contributed by atoms with Gasteiger partial charge in [-0.25, -0.2) is 8.57 Å². The monoisotopic (exact) mass is 413 g/mol. The Morgan fingerprint density at radius 2 is 1.79 bits per heavy atom. The van der Waals surface area contributed by atoms with Gasteiger partial charge < -0.3 is 0 Å². The molecule has 1 aliphatic heterocycles. The Morgan fingerprint density at radius 1 is 1.07 bits per heavy atom. The Hall–Kier alpha value is -2.67. The van der Waals surface area contributed by atoms with Gasteiger partial charge in [0.05, 0.1) is 25.9 Å². The fourth-order valence-corrected chi connectivity index (χ4v) is 4.70. The molecule has 0 spiro atoms. The van der Waals surface area contributed by atoms with E-state index in [0.29, 0.717) is 32.6 Å². The summed E-state index contributed by atoms with van der Waals surface area (Å²) in [5, 5.41) is 0.679. The van der Waals surface area contributed by atoms with Crippen LogP contribution in [0.3, 0.4) is 0 Å². The molecule has 0 saturated heterocycles. The van der Waals surface area contributed by atoms with Crippen LogP contribution in [-0.2, 0) is 15.7 Å². The number of pyridine rings is 1. The second-order valence-corrected chi connectivity index (χ2v) is 10.1. The first-order valence-corrected chi connectivity index (χ1v) is 11.1. The van der Waals surface area contributed by atoms with Crippen molar-refractivity contribution in [2.24, 2.45) is 9.36 Å². The molecule has 4 nitrogen and oxygen atoms in total. The van der Waals surface area contributed by atoms with Gasteiger partial charge in [-0.15, -0.1) is 0 Å². The summed E-state index contributed by atoms with van der Waals surface area (Å²) in [4.78, 5) is 9.36. The lowest BCUT2D eigenvalue weighted by Gasteiger charge is -2.37. The van der Waals surface area contributed by atoms with Gasteiger partial charge in [-0.3, -0.25) is 9.98 Å². The molecule has 0 bridgehead atoms. The smallest absolute Gasteiger partial charge is 0.271 e. The van der Waals surface area contributed by atoms with Crippen LogP contribution in [0.25, 0.3) is 10.9 Å². The van der Waals surface area contributed by atoms with E-state index in [-0.39, 0.29) is 5.56 Å². The maximum absolute atomic E-state index is 15.0. The van der Waals surface area contributed by atoms with Gasteiger partial charge in [-0.05, 0) is 32.0 Å². The molecule has 150 valence electrons. The van der Waals surface area contributed by atoms with Crippen molar-refractivity contribution in [1.29, 1.82) is 0 Å². The number of hydrogen-bond acceptors (Lipinski definition) is 4. The molecule has 0 radical (unpaired) electrons. The number of aromatic nitrogens is 1. The van der Waals surface area contributed by atoms with Crippen molar-refractivity contribution in [3.05, 3.63) is 71.4 Å². The Labute approximate surface area is 168 Å². The van der Waals surface area contributed by atoms with E-state index in [1.54, 1.807) is 42.8 Å². The molecular weight excluding hydrogens is 392 g/mol. The molecule has 3 aromatic rings. The van der Waals surface area contributed by atoms with E-state index in [2.05, 4.69) is 14.3 Å². The van der Waals surface area contributed by atoms with Gasteiger partial charge in [0.2, 0.25) is 0 Å². The molecule has 1 atom stereocenters. The van der Waals surface area contributed by atoms with Crippen molar-refractivity contribution in [2.45, 2.75) is 30.2 Å². The standard InChI is InChI=1S/C22H21F2N3OS/c1-21(2)22(23,24)17-8-6-5-7-15(17)20(27-21)14-9-10-18-16(13-14)19(11-12-26-18)29(4,28)25-3/h5-13H,1-4H3. The molecule has 2 heterocycles. The summed E-state index contributed by atoms with van der Waals surface area (Å²) >= 11 is 0. The first-order chi connectivity index (χ1) is 13.6. The number of aliphatic imine (C=N–C) groups is 1. The predicted octanol–water partition coefficient (Wildman–Crippen LogP) is 5.04. The molecular formula is C22H21F2N3OS. The highest BCUT2D eigenvalue weighted by molar-refractivity contribution is 7.93. The highest BCUT2D eigenvalue weighted by Gasteiger charge is 2.52. The molecule has 2 aromatic carbocycles. The highest BCUT2D eigenvalue weighted by Crippen LogP contribution is 2.46. The van der Waals surface area contributed by atoms with Crippen molar-refractivity contribution in [3.8, 4) is 0 Å². The maximum atomic E-state index is 15.0. The van der Waals surface area contributed by atoms with Crippen LogP contribution in [0.5, 0.6) is 0 Å². The fourth-order valence-electron chi connectivity index (χ4n) is 3.62. The van der Waals surface area contributed by atoms with E-state index < -0.39 is 21.2 Å². The average Bonchev–Trinajstić information content (AvgIpc) is 2.70. The molecule has 1 aromatic heterocycles. The SMILES string of the molecule is CN=S(C)(=O)c1ccnc2ccc(C3=NC(C)(C)C(F)(F)c4ccccc43)cc12. The second kappa shape index (κ2) is 6.42. The summed E-state index contributed by atoms with van der Waals surface area (Å²) in [6, 6.07) is 13.6. The van der Waals surface area contributed by atoms with Gasteiger partial charge in [0.25, 0.3) is 5.92 Å². The first-order valence-electron chi connectivity index (χ1n) is 9.15. The number of fused-ring (bicyclic) bond motifs is 2. The van der Waals surface area contributed by atoms with E-state index in [9.17, 15) is 4.21 Å². The lowest BCUT2D eigenvalue weighted by molar-refractivity contribution is -0.0681. The first kappa shape index (κ1) is 19.6. The lowest BCUT2D eigenvalue weighted by Crippen LogP contribution is -2.44. The van der Waals surface area contributed by atoms with Crippen molar-refractivity contribution in [2.75, 3.05) is 13.3 Å². The molecule has 7 heteroatoms. The molecule has 1 unspecified atom stereocenters. The van der Waals surface area contributed by atoms with Crippen LogP contribution in [0.4, 0.5) is 8.78 Å². The third-order valence-corrected chi connectivity index (χ3v) is 7.28. The zero-order chi connectivity index (χ0) is 21.0. The molecule has 1 aliphatic rings. The largest absolute Gasteiger partial charge is 0.297 e. The molecule has 0 N–H and O–H groups in total. The molecule has 0 amide bonds. The number of hydrogen-bond donors (Lipinski definition) is 0. The van der Waals surface area contributed by atoms with Crippen molar-refractivity contribution < 1.29 is 13.0 Å². The minimum absolute atomic E-state index is 0.0376. The van der Waals surface area contributed by atoms with E-state index in [1.165, 1.54) is 27.0 Å². The zero-order valence-electron chi connectivity index (χ0n) is 16.6. The third-order valence-electron chi connectivity index (χ3n) is 5.41. The lowest BCUT2D eigenvalue weighted by atomic mass is 9.81. The average molecular weight is 413 g/mol. The van der Waals surface area contributed by atoms with Crippen LogP contribution in [0.2, 0.25) is 0 Å². The summed E-state index contributed by atoms with van der Waals surface area (Å²) in [5.41, 5.74) is 0.598. The minimum Gasteiger partial charge on any atom is -0.271 e. The summed E-state index contributed by atoms with van der Waals surface area (Å²) in [6.45, 7) is 2.87. The van der Waals surface area contributed by atoms with Crippen molar-refractivity contribution >= 4 is 26.3 Å². The van der Waals surface area contributed by atoms with Gasteiger partial charge in [0.1, 0.15) is 5.54 Å². The quantitative estimate of drug-likeness (QED) is 0.591. The van der Waals surface area contributed by atoms with Gasteiger partial charge in [-0.1, -0.05) is 30.3 Å². The third kappa shape index (κ3) is 2.95. The molecule has 0 aliphatic carbocycles. The van der Waals surface area contributed by atoms with Crippen molar-refractivity contribution in [1.82, 2.24) is 4.98 Å². The Bertz CT molecular complexity index is 1290. The maximum Gasteiger partial charge on any atom is 0.297 e. The van der Waals surface area contributed by atoms with E-state index in [0.717, 1.165) is 0 Å². The highest BCUT2D eigenvalue weighted by atomic mass is 32.2. The Balaban J connectivity index is 2.02. The number of halogens is 2. The van der Waals surface area contributed by atoms with Gasteiger partial charge in [-0.2, -0.15) is 8.78 Å². The number of nitrogens with zero attached hydrogens (tertiary/aromatic N) is 3. The van der Waals surface area contributed by atoms with Crippen LogP contribution in [0.15, 0.2) is 69.0 Å². The van der Waals surface area contributed by atoms with Gasteiger partial charge >= 0.3 is 0 Å². The summed E-state index contributed by atoms with van der Waals surface area (Å²) in [5.74, 6) is -3.09. The number of benzene rings is 2. The zero-order valence-corrected chi connectivity index (χ0v) is 17.4. The number of rotatable bonds is 2. The van der Waals surface area contributed by atoms with Crippen LogP contribution in [0.1, 0.15) is 30.5 Å². The molecule has 4 rings (SSSR count). The summed E-state index contributed by atoms with van der Waals surface area (Å²) in [6.07, 6.45) is 3.17. The van der Waals surface area contributed by atoms with Crippen LogP contribution >= 0.6 is 0 Å². The van der Waals surface area contributed by atoms with E-state index >= 15 is 8.78 Å².